The van der Waals surface area contributed by atoms with Crippen molar-refractivity contribution in [3.8, 4) is 0 Å². The Morgan fingerprint density at radius 1 is 0.571 bits per heavy atom. The van der Waals surface area contributed by atoms with Crippen LogP contribution in [0.1, 0.15) is 113 Å². The Balaban J connectivity index is 0.850. The Morgan fingerprint density at radius 3 is 1.86 bits per heavy atom. The van der Waals surface area contributed by atoms with E-state index in [1.807, 2.05) is 6.92 Å². The Bertz CT molecular complexity index is 2330. The van der Waals surface area contributed by atoms with E-state index in [0.717, 1.165) is 6.42 Å². The molecule has 10 rings (SSSR count). The predicted octanol–water partition coefficient (Wildman–Crippen LogP) is -2.93. The average Bonchev–Trinajstić information content (AvgIpc) is 0.836. The molecule has 0 spiro atoms. The maximum Gasteiger partial charge on any atom is 0.315 e. The van der Waals surface area contributed by atoms with Crippen LogP contribution in [-0.2, 0) is 52.2 Å². The SMILES string of the molecule is C[C@@H]1O[C@@H](O[C@H]2[C@H](O[C@H]3CC[C@@]4(C)[C@@H](CC[C@]5(C)[C@H]4CC=C4[C@H]6CC(C)(C)CC[C@]6(C(=O)O[C@H]6O[C@@H](CO[C@H]7O[C@@H](CO)[C@H](O)[C@H](O)[C@@H]7O)[C@H](O)[C@@H](O)[C@@H]6O)CC[C@]45C)[C@]3(C)CO)OC[C@H](O)[C@@H]2O)[C@H](O)[C@H](O[C@@H]2OC[C@@H](O)[C@H](O)[C@H]2O)[C@H]1O. The Labute approximate surface area is 488 Å². The molecule has 26 nitrogen and oxygen atoms in total. The molecule has 0 aromatic carbocycles. The van der Waals surface area contributed by atoms with Crippen molar-refractivity contribution in [1.29, 1.82) is 0 Å². The molecule has 5 heterocycles. The zero-order valence-corrected chi connectivity index (χ0v) is 49.0. The van der Waals surface area contributed by atoms with E-state index in [1.54, 1.807) is 0 Å². The van der Waals surface area contributed by atoms with Crippen LogP contribution in [0.25, 0.3) is 0 Å². The third-order valence-corrected chi connectivity index (χ3v) is 22.8. The Morgan fingerprint density at radius 2 is 1.18 bits per heavy atom. The van der Waals surface area contributed by atoms with E-state index in [9.17, 15) is 76.6 Å². The highest BCUT2D eigenvalue weighted by molar-refractivity contribution is 5.79. The molecule has 4 saturated carbocycles. The monoisotopic (exact) mass is 1210 g/mol. The van der Waals surface area contributed by atoms with Crippen molar-refractivity contribution in [2.75, 3.05) is 33.0 Å². The number of fused-ring (bicyclic) bond motifs is 7. The number of aliphatic hydroxyl groups excluding tert-OH is 15. The lowest BCUT2D eigenvalue weighted by Crippen LogP contribution is -2.67. The summed E-state index contributed by atoms with van der Waals surface area (Å²) in [6, 6.07) is 0. The lowest BCUT2D eigenvalue weighted by molar-refractivity contribution is -0.379. The van der Waals surface area contributed by atoms with Gasteiger partial charge >= 0.3 is 5.97 Å². The van der Waals surface area contributed by atoms with Gasteiger partial charge < -0.3 is 124 Å². The fraction of sp³-hybridized carbons (Fsp3) is 0.948. The van der Waals surface area contributed by atoms with E-state index in [2.05, 4.69) is 40.7 Å². The lowest BCUT2D eigenvalue weighted by Gasteiger charge is -2.71. The van der Waals surface area contributed by atoms with E-state index in [0.29, 0.717) is 57.8 Å². The average molecular weight is 1210 g/mol. The molecule has 0 aromatic rings. The van der Waals surface area contributed by atoms with Gasteiger partial charge in [0.25, 0.3) is 0 Å². The highest BCUT2D eigenvalue weighted by atomic mass is 16.8. The summed E-state index contributed by atoms with van der Waals surface area (Å²) in [6.45, 7) is 12.6. The Hall–Kier alpha value is -1.75. The number of allylic oxidation sites excluding steroid dienone is 2. The molecule has 5 aliphatic carbocycles. The van der Waals surface area contributed by atoms with Crippen molar-refractivity contribution >= 4 is 5.97 Å². The van der Waals surface area contributed by atoms with Crippen molar-refractivity contribution in [2.24, 2.45) is 50.2 Å². The van der Waals surface area contributed by atoms with Gasteiger partial charge in [-0.05, 0) is 111 Å². The van der Waals surface area contributed by atoms with E-state index >= 15 is 4.79 Å². The molecule has 15 N–H and O–H groups in total. The van der Waals surface area contributed by atoms with Crippen LogP contribution in [0.2, 0.25) is 0 Å². The van der Waals surface area contributed by atoms with Gasteiger partial charge in [0.1, 0.15) is 104 Å². The van der Waals surface area contributed by atoms with E-state index in [4.69, 9.17) is 47.4 Å². The molecular weight excluding hydrogens is 1110 g/mol. The summed E-state index contributed by atoms with van der Waals surface area (Å²) in [5.41, 5.74) is -1.98. The lowest BCUT2D eigenvalue weighted by atomic mass is 9.33. The fourth-order valence-electron chi connectivity index (χ4n) is 17.3. The van der Waals surface area contributed by atoms with E-state index < -0.39 is 189 Å². The molecule has 0 amide bonds. The molecule has 0 radical (unpaired) electrons. The summed E-state index contributed by atoms with van der Waals surface area (Å²) in [7, 11) is 0. The zero-order chi connectivity index (χ0) is 61.1. The van der Waals surface area contributed by atoms with Gasteiger partial charge in [-0.2, -0.15) is 0 Å². The van der Waals surface area contributed by atoms with Gasteiger partial charge in [-0.3, -0.25) is 4.79 Å². The fourth-order valence-corrected chi connectivity index (χ4v) is 17.3. The normalized spacial score (nSPS) is 54.9. The number of carbonyl (C=O) groups excluding carboxylic acids is 1. The quantitative estimate of drug-likeness (QED) is 0.0499. The van der Waals surface area contributed by atoms with Crippen LogP contribution in [0.3, 0.4) is 0 Å². The smallest absolute Gasteiger partial charge is 0.315 e. The largest absolute Gasteiger partial charge is 0.432 e. The first-order chi connectivity index (χ1) is 39.4. The molecule has 0 bridgehead atoms. The second-order valence-electron chi connectivity index (χ2n) is 28.1. The number of hydrogen-bond acceptors (Lipinski definition) is 26. The first-order valence-corrected chi connectivity index (χ1v) is 30.2. The minimum Gasteiger partial charge on any atom is -0.432 e. The van der Waals surface area contributed by atoms with Crippen molar-refractivity contribution in [3.05, 3.63) is 11.6 Å². The molecule has 5 saturated heterocycles. The highest BCUT2D eigenvalue weighted by Gasteiger charge is 2.71. The van der Waals surface area contributed by atoms with Crippen LogP contribution in [0, 0.1) is 50.2 Å². The van der Waals surface area contributed by atoms with Crippen molar-refractivity contribution < 1.29 is 129 Å². The summed E-state index contributed by atoms with van der Waals surface area (Å²) in [4.78, 5) is 15.1. The van der Waals surface area contributed by atoms with Gasteiger partial charge in [0.2, 0.25) is 6.29 Å². The van der Waals surface area contributed by atoms with Gasteiger partial charge in [-0.25, -0.2) is 0 Å². The highest BCUT2D eigenvalue weighted by Crippen LogP contribution is 2.76. The molecule has 9 fully saturated rings. The molecule has 0 unspecified atom stereocenters. The van der Waals surface area contributed by atoms with Gasteiger partial charge in [-0.1, -0.05) is 53.2 Å². The minimum absolute atomic E-state index is 0.0990. The van der Waals surface area contributed by atoms with Crippen LogP contribution in [0.15, 0.2) is 11.6 Å². The van der Waals surface area contributed by atoms with Gasteiger partial charge in [-0.15, -0.1) is 0 Å². The maximum absolute atomic E-state index is 15.1. The second-order valence-corrected chi connectivity index (χ2v) is 28.1. The molecule has 482 valence electrons. The van der Waals surface area contributed by atoms with E-state index in [1.165, 1.54) is 12.5 Å². The number of aliphatic hydroxyl groups is 15. The van der Waals surface area contributed by atoms with Gasteiger partial charge in [0.15, 0.2) is 25.2 Å². The number of carbonyl (C=O) groups is 1. The van der Waals surface area contributed by atoms with Crippen LogP contribution >= 0.6 is 0 Å². The number of ether oxygens (including phenoxy) is 10. The first kappa shape index (κ1) is 65.2. The van der Waals surface area contributed by atoms with Crippen LogP contribution < -0.4 is 0 Å². The van der Waals surface area contributed by atoms with Gasteiger partial charge in [0.05, 0.1) is 50.7 Å². The van der Waals surface area contributed by atoms with E-state index in [-0.39, 0.29) is 47.2 Å². The maximum atomic E-state index is 15.1. The standard InChI is InChI=1S/C58H94O26/c1-24-34(63)45(82-48-41(70)35(64)27(61)20-75-48)44(73)50(78-24)83-46-36(65)28(62)21-76-51(46)81-33-11-12-54(4)31(55(33,5)23-60)10-13-57(7)32(54)9-8-25-26-18-53(2,3)14-16-58(26,17-15-56(25,57)6)52(74)84-49-43(72)40(69)38(67)30(80-49)22-77-47-42(71)39(68)37(66)29(19-59)79-47/h8,24,26-51,59-73H,9-23H2,1-7H3/t24-,26+,27+,28-,29-,30-,31+,32-,33-,34-,35-,36-,37-,38-,39-,40+,41+,42-,43-,44+,45+,46+,47-,48-,49+,50-,51-,54-,55-,56+,57+,58-/m0/s1. The summed E-state index contributed by atoms with van der Waals surface area (Å²) in [5, 5.41) is 162. The van der Waals surface area contributed by atoms with Crippen molar-refractivity contribution in [1.82, 2.24) is 0 Å². The van der Waals surface area contributed by atoms with Crippen LogP contribution in [0.4, 0.5) is 0 Å². The summed E-state index contributed by atoms with van der Waals surface area (Å²) >= 11 is 0. The number of hydrogen-bond donors (Lipinski definition) is 15. The predicted molar refractivity (Wildman–Crippen MR) is 283 cm³/mol. The Kier molecular flexibility index (Phi) is 18.7. The summed E-state index contributed by atoms with van der Waals surface area (Å²) in [6.07, 6.45) is -28.6. The summed E-state index contributed by atoms with van der Waals surface area (Å²) in [5.74, 6) is -0.880. The second kappa shape index (κ2) is 24.1. The molecule has 26 heteroatoms. The minimum atomic E-state index is -1.86. The van der Waals surface area contributed by atoms with Crippen LogP contribution in [0.5, 0.6) is 0 Å². The van der Waals surface area contributed by atoms with Crippen molar-refractivity contribution in [3.63, 3.8) is 0 Å². The number of esters is 1. The molecule has 32 atom stereocenters. The molecule has 0 aromatic heterocycles. The molecule has 84 heavy (non-hydrogen) atoms. The van der Waals surface area contributed by atoms with Gasteiger partial charge in [0, 0.05) is 5.41 Å². The first-order valence-electron chi connectivity index (χ1n) is 30.2. The number of rotatable bonds is 13. The topological polar surface area (TPSA) is 413 Å². The van der Waals surface area contributed by atoms with Crippen molar-refractivity contribution in [2.45, 2.75) is 260 Å². The molecule has 10 aliphatic rings. The third-order valence-electron chi connectivity index (χ3n) is 22.8. The molecule has 5 aliphatic heterocycles. The third kappa shape index (κ3) is 10.9. The zero-order valence-electron chi connectivity index (χ0n) is 49.0. The summed E-state index contributed by atoms with van der Waals surface area (Å²) < 4.78 is 59.4. The van der Waals surface area contributed by atoms with Crippen LogP contribution in [-0.4, -0.2) is 263 Å². The molecular formula is C58H94O26.